The van der Waals surface area contributed by atoms with E-state index in [-0.39, 0.29) is 16.5 Å². The summed E-state index contributed by atoms with van der Waals surface area (Å²) in [5.41, 5.74) is 0.266. The van der Waals surface area contributed by atoms with Crippen molar-refractivity contribution in [1.29, 1.82) is 0 Å². The lowest BCUT2D eigenvalue weighted by atomic mass is 10.0. The summed E-state index contributed by atoms with van der Waals surface area (Å²) in [5, 5.41) is 12.0. The second-order valence-corrected chi connectivity index (χ2v) is 6.33. The first-order valence-electron chi connectivity index (χ1n) is 7.78. The minimum absolute atomic E-state index is 0.140. The van der Waals surface area contributed by atoms with Crippen LogP contribution in [0.3, 0.4) is 0 Å². The number of pyridine rings is 1. The van der Waals surface area contributed by atoms with Crippen LogP contribution in [0.15, 0.2) is 42.7 Å². The van der Waals surface area contributed by atoms with E-state index in [0.717, 1.165) is 0 Å². The summed E-state index contributed by atoms with van der Waals surface area (Å²) < 4.78 is 5.62. The van der Waals surface area contributed by atoms with Crippen LogP contribution >= 0.6 is 11.6 Å². The Morgan fingerprint density at radius 1 is 1.24 bits per heavy atom. The van der Waals surface area contributed by atoms with Crippen molar-refractivity contribution < 1.29 is 19.4 Å². The molecule has 2 rings (SSSR count). The quantitative estimate of drug-likeness (QED) is 0.782. The van der Waals surface area contributed by atoms with Crippen molar-refractivity contribution in [1.82, 2.24) is 10.3 Å². The molecule has 0 unspecified atom stereocenters. The Balaban J connectivity index is 2.10. The molecule has 0 aliphatic heterocycles. The molecule has 2 aromatic rings. The third kappa shape index (κ3) is 5.46. The SMILES string of the molecule is CC(C)C[C@H](NC(=O)c1ccc(Oc2ccncc2)c(Cl)c1)C(=O)O. The Hall–Kier alpha value is -2.60. The van der Waals surface area contributed by atoms with Crippen LogP contribution in [0.5, 0.6) is 11.5 Å². The van der Waals surface area contributed by atoms with Crippen molar-refractivity contribution in [3.05, 3.63) is 53.3 Å². The lowest BCUT2D eigenvalue weighted by molar-refractivity contribution is -0.139. The fourth-order valence-electron chi connectivity index (χ4n) is 2.19. The van der Waals surface area contributed by atoms with Crippen LogP contribution in [0, 0.1) is 5.92 Å². The van der Waals surface area contributed by atoms with Gasteiger partial charge in [0.2, 0.25) is 0 Å². The van der Waals surface area contributed by atoms with Crippen molar-refractivity contribution in [2.45, 2.75) is 26.3 Å². The summed E-state index contributed by atoms with van der Waals surface area (Å²) in [7, 11) is 0. The molecule has 1 aromatic carbocycles. The number of aliphatic carboxylic acids is 1. The molecule has 0 radical (unpaired) electrons. The van der Waals surface area contributed by atoms with Gasteiger partial charge in [-0.15, -0.1) is 0 Å². The van der Waals surface area contributed by atoms with E-state index in [1.807, 2.05) is 13.8 Å². The number of nitrogens with zero attached hydrogens (tertiary/aromatic N) is 1. The minimum atomic E-state index is -1.06. The highest BCUT2D eigenvalue weighted by Gasteiger charge is 2.22. The highest BCUT2D eigenvalue weighted by atomic mass is 35.5. The van der Waals surface area contributed by atoms with Gasteiger partial charge in [0.1, 0.15) is 17.5 Å². The monoisotopic (exact) mass is 362 g/mol. The first kappa shape index (κ1) is 18.7. The van der Waals surface area contributed by atoms with Crippen LogP contribution in [-0.4, -0.2) is 28.0 Å². The van der Waals surface area contributed by atoms with E-state index >= 15 is 0 Å². The molecule has 1 amide bonds. The molecule has 1 heterocycles. The van der Waals surface area contributed by atoms with Crippen molar-refractivity contribution in [3.8, 4) is 11.5 Å². The molecular weight excluding hydrogens is 344 g/mol. The Morgan fingerprint density at radius 2 is 1.92 bits per heavy atom. The van der Waals surface area contributed by atoms with Crippen LogP contribution < -0.4 is 10.1 Å². The van der Waals surface area contributed by atoms with E-state index in [9.17, 15) is 14.7 Å². The summed E-state index contributed by atoms with van der Waals surface area (Å²) in [4.78, 5) is 27.4. The van der Waals surface area contributed by atoms with Gasteiger partial charge in [-0.3, -0.25) is 9.78 Å². The smallest absolute Gasteiger partial charge is 0.326 e. The van der Waals surface area contributed by atoms with Gasteiger partial charge in [0.05, 0.1) is 5.02 Å². The third-order valence-electron chi connectivity index (χ3n) is 3.38. The van der Waals surface area contributed by atoms with Gasteiger partial charge in [0, 0.05) is 18.0 Å². The third-order valence-corrected chi connectivity index (χ3v) is 3.68. The number of benzene rings is 1. The first-order valence-corrected chi connectivity index (χ1v) is 8.15. The molecule has 1 atom stereocenters. The van der Waals surface area contributed by atoms with Crippen molar-refractivity contribution >= 4 is 23.5 Å². The van der Waals surface area contributed by atoms with E-state index in [1.54, 1.807) is 30.6 Å². The first-order chi connectivity index (χ1) is 11.9. The summed E-state index contributed by atoms with van der Waals surface area (Å²) in [6.07, 6.45) is 3.52. The van der Waals surface area contributed by atoms with Crippen LogP contribution in [-0.2, 0) is 4.79 Å². The number of hydrogen-bond donors (Lipinski definition) is 2. The van der Waals surface area contributed by atoms with Gasteiger partial charge in [-0.2, -0.15) is 0 Å². The number of carboxylic acid groups (broad SMARTS) is 1. The van der Waals surface area contributed by atoms with Crippen LogP contribution in [0.4, 0.5) is 0 Å². The average Bonchev–Trinajstić information content (AvgIpc) is 2.56. The van der Waals surface area contributed by atoms with Gasteiger partial charge in [-0.1, -0.05) is 25.4 Å². The predicted molar refractivity (Wildman–Crippen MR) is 94.1 cm³/mol. The fourth-order valence-corrected chi connectivity index (χ4v) is 2.41. The van der Waals surface area contributed by atoms with Crippen molar-refractivity contribution in [2.24, 2.45) is 5.92 Å². The van der Waals surface area contributed by atoms with E-state index in [4.69, 9.17) is 16.3 Å². The number of hydrogen-bond acceptors (Lipinski definition) is 4. The molecule has 6 nitrogen and oxygen atoms in total. The average molecular weight is 363 g/mol. The number of carbonyl (C=O) groups excluding carboxylic acids is 1. The highest BCUT2D eigenvalue weighted by molar-refractivity contribution is 6.32. The van der Waals surface area contributed by atoms with Gasteiger partial charge >= 0.3 is 5.97 Å². The number of carbonyl (C=O) groups is 2. The van der Waals surface area contributed by atoms with Crippen LogP contribution in [0.25, 0.3) is 0 Å². The van der Waals surface area contributed by atoms with Gasteiger partial charge < -0.3 is 15.2 Å². The molecular formula is C18H19ClN2O4. The number of aromatic nitrogens is 1. The number of nitrogens with one attached hydrogen (secondary N) is 1. The Kier molecular flexibility index (Phi) is 6.36. The number of carboxylic acids is 1. The Labute approximate surface area is 150 Å². The number of halogens is 1. The number of amides is 1. The van der Waals surface area contributed by atoms with E-state index in [0.29, 0.717) is 17.9 Å². The highest BCUT2D eigenvalue weighted by Crippen LogP contribution is 2.29. The second-order valence-electron chi connectivity index (χ2n) is 5.92. The van der Waals surface area contributed by atoms with Gasteiger partial charge in [-0.05, 0) is 42.7 Å². The van der Waals surface area contributed by atoms with Crippen LogP contribution in [0.2, 0.25) is 5.02 Å². The molecule has 132 valence electrons. The number of ether oxygens (including phenoxy) is 1. The zero-order valence-corrected chi connectivity index (χ0v) is 14.7. The molecule has 2 N–H and O–H groups in total. The molecule has 0 fully saturated rings. The zero-order valence-electron chi connectivity index (χ0n) is 13.9. The summed E-state index contributed by atoms with van der Waals surface area (Å²) in [6, 6.07) is 6.96. The Bertz CT molecular complexity index is 750. The number of rotatable bonds is 7. The topological polar surface area (TPSA) is 88.5 Å². The zero-order chi connectivity index (χ0) is 18.4. The van der Waals surface area contributed by atoms with E-state index < -0.39 is 17.9 Å². The Morgan fingerprint density at radius 3 is 2.48 bits per heavy atom. The molecule has 1 aromatic heterocycles. The second kappa shape index (κ2) is 8.48. The summed E-state index contributed by atoms with van der Waals surface area (Å²) >= 11 is 6.17. The largest absolute Gasteiger partial charge is 0.480 e. The normalized spacial score (nSPS) is 11.8. The maximum Gasteiger partial charge on any atom is 0.326 e. The molecule has 0 aliphatic carbocycles. The maximum absolute atomic E-state index is 12.3. The molecule has 0 spiro atoms. The standard InChI is InChI=1S/C18H19ClN2O4/c1-11(2)9-15(18(23)24)21-17(22)12-3-4-16(14(19)10-12)25-13-5-7-20-8-6-13/h3-8,10-11,15H,9H2,1-2H3,(H,21,22)(H,23,24)/t15-/m0/s1. The molecule has 25 heavy (non-hydrogen) atoms. The lowest BCUT2D eigenvalue weighted by Gasteiger charge is -2.17. The summed E-state index contributed by atoms with van der Waals surface area (Å²) in [5.74, 6) is -0.462. The maximum atomic E-state index is 12.3. The molecule has 0 saturated heterocycles. The van der Waals surface area contributed by atoms with E-state index in [2.05, 4.69) is 10.3 Å². The van der Waals surface area contributed by atoms with Gasteiger partial charge in [0.25, 0.3) is 5.91 Å². The lowest BCUT2D eigenvalue weighted by Crippen LogP contribution is -2.41. The molecule has 0 saturated carbocycles. The van der Waals surface area contributed by atoms with E-state index in [1.165, 1.54) is 12.1 Å². The summed E-state index contributed by atoms with van der Waals surface area (Å²) in [6.45, 7) is 3.79. The molecule has 0 aliphatic rings. The van der Waals surface area contributed by atoms with Gasteiger partial charge in [-0.25, -0.2) is 4.79 Å². The van der Waals surface area contributed by atoms with Crippen molar-refractivity contribution in [3.63, 3.8) is 0 Å². The van der Waals surface area contributed by atoms with Gasteiger partial charge in [0.15, 0.2) is 0 Å². The van der Waals surface area contributed by atoms with Crippen LogP contribution in [0.1, 0.15) is 30.6 Å². The molecule has 0 bridgehead atoms. The fraction of sp³-hybridized carbons (Fsp3) is 0.278. The molecule has 7 heteroatoms. The minimum Gasteiger partial charge on any atom is -0.480 e. The predicted octanol–water partition coefficient (Wildman–Crippen LogP) is 3.76. The van der Waals surface area contributed by atoms with Crippen molar-refractivity contribution in [2.75, 3.05) is 0 Å².